The minimum Gasteiger partial charge on any atom is -0.356 e. The molecule has 2 rings (SSSR count). The van der Waals surface area contributed by atoms with Crippen LogP contribution >= 0.6 is 11.6 Å². The minimum absolute atomic E-state index is 0.150. The van der Waals surface area contributed by atoms with Gasteiger partial charge in [-0.1, -0.05) is 11.6 Å². The summed E-state index contributed by atoms with van der Waals surface area (Å²) in [6, 6.07) is 1.58. The van der Waals surface area contributed by atoms with Crippen LogP contribution in [0, 0.1) is 0 Å². The maximum absolute atomic E-state index is 11.9. The second kappa shape index (κ2) is 4.36. The number of rotatable bonds is 3. The van der Waals surface area contributed by atoms with Gasteiger partial charge in [-0.25, -0.2) is 4.98 Å². The van der Waals surface area contributed by atoms with Gasteiger partial charge in [-0.15, -0.1) is 0 Å². The van der Waals surface area contributed by atoms with E-state index in [-0.39, 0.29) is 5.91 Å². The summed E-state index contributed by atoms with van der Waals surface area (Å²) in [6.45, 7) is 0.371. The molecule has 6 nitrogen and oxygen atoms in total. The lowest BCUT2D eigenvalue weighted by Gasteiger charge is -2.14. The molecule has 1 amide bonds. The van der Waals surface area contributed by atoms with Gasteiger partial charge in [0.15, 0.2) is 0 Å². The third-order valence-corrected chi connectivity index (χ3v) is 2.29. The maximum Gasteiger partial charge on any atom is 0.270 e. The molecule has 2 N–H and O–H groups in total. The highest BCUT2D eigenvalue weighted by Crippen LogP contribution is 2.11. The van der Waals surface area contributed by atoms with Crippen molar-refractivity contribution in [2.45, 2.75) is 6.54 Å². The van der Waals surface area contributed by atoms with Gasteiger partial charge in [-0.3, -0.25) is 9.89 Å². The van der Waals surface area contributed by atoms with Crippen molar-refractivity contribution in [1.82, 2.24) is 25.1 Å². The van der Waals surface area contributed by atoms with Crippen LogP contribution < -0.4 is 0 Å². The molecule has 0 atom stereocenters. The van der Waals surface area contributed by atoms with Crippen LogP contribution in [0.25, 0.3) is 0 Å². The van der Waals surface area contributed by atoms with Crippen molar-refractivity contribution in [3.63, 3.8) is 0 Å². The van der Waals surface area contributed by atoms with Gasteiger partial charge in [-0.05, 0) is 6.07 Å². The zero-order chi connectivity index (χ0) is 11.5. The van der Waals surface area contributed by atoms with Crippen molar-refractivity contribution in [2.75, 3.05) is 7.05 Å². The summed E-state index contributed by atoms with van der Waals surface area (Å²) in [5.41, 5.74) is 0.451. The number of nitrogens with one attached hydrogen (secondary N) is 2. The lowest BCUT2D eigenvalue weighted by molar-refractivity contribution is 0.0776. The summed E-state index contributed by atoms with van der Waals surface area (Å²) < 4.78 is 0. The van der Waals surface area contributed by atoms with Crippen LogP contribution in [0.2, 0.25) is 5.02 Å². The summed E-state index contributed by atoms with van der Waals surface area (Å²) in [5.74, 6) is 0.483. The Bertz CT molecular complexity index is 478. The highest BCUT2D eigenvalue weighted by atomic mass is 35.5. The van der Waals surface area contributed by atoms with Gasteiger partial charge in [-0.2, -0.15) is 5.10 Å². The molecule has 0 saturated heterocycles. The molecule has 0 fully saturated rings. The highest BCUT2D eigenvalue weighted by molar-refractivity contribution is 6.30. The number of nitrogens with zero attached hydrogens (tertiary/aromatic N) is 3. The molecule has 0 aliphatic heterocycles. The van der Waals surface area contributed by atoms with Crippen molar-refractivity contribution in [3.05, 3.63) is 35.1 Å². The first-order valence-electron chi connectivity index (χ1n) is 4.60. The molecule has 0 aliphatic carbocycles. The SMILES string of the molecule is CN(Cc1ncn[nH]1)C(=O)c1cc(Cl)c[nH]1. The van der Waals surface area contributed by atoms with E-state index in [2.05, 4.69) is 20.2 Å². The predicted octanol–water partition coefficient (Wildman–Crippen LogP) is 1.06. The number of amides is 1. The largest absolute Gasteiger partial charge is 0.356 e. The van der Waals surface area contributed by atoms with Crippen LogP contribution in [0.15, 0.2) is 18.6 Å². The number of hydrogen-bond acceptors (Lipinski definition) is 3. The molecule has 0 saturated carbocycles. The molecule has 0 bridgehead atoms. The Hall–Kier alpha value is -1.82. The summed E-state index contributed by atoms with van der Waals surface area (Å²) in [6.07, 6.45) is 2.97. The van der Waals surface area contributed by atoms with E-state index in [1.54, 1.807) is 19.3 Å². The first kappa shape index (κ1) is 10.7. The summed E-state index contributed by atoms with van der Waals surface area (Å²) in [7, 11) is 1.68. The second-order valence-electron chi connectivity index (χ2n) is 3.32. The third kappa shape index (κ3) is 2.22. The fourth-order valence-corrected chi connectivity index (χ4v) is 1.46. The van der Waals surface area contributed by atoms with Gasteiger partial charge in [0.25, 0.3) is 5.91 Å². The first-order valence-corrected chi connectivity index (χ1v) is 4.98. The molecule has 0 spiro atoms. The number of H-pyrrole nitrogens is 2. The predicted molar refractivity (Wildman–Crippen MR) is 58.0 cm³/mol. The van der Waals surface area contributed by atoms with Crippen LogP contribution in [-0.2, 0) is 6.54 Å². The van der Waals surface area contributed by atoms with Gasteiger partial charge in [0.1, 0.15) is 17.8 Å². The molecule has 84 valence electrons. The third-order valence-electron chi connectivity index (χ3n) is 2.08. The Kier molecular flexibility index (Phi) is 2.91. The van der Waals surface area contributed by atoms with Gasteiger partial charge < -0.3 is 9.88 Å². The standard InChI is InChI=1S/C9H10ClN5O/c1-15(4-8-12-5-13-14-8)9(16)7-2-6(10)3-11-7/h2-3,5,11H,4H2,1H3,(H,12,13,14). The van der Waals surface area contributed by atoms with E-state index in [9.17, 15) is 4.79 Å². The molecule has 2 aromatic heterocycles. The zero-order valence-electron chi connectivity index (χ0n) is 8.57. The van der Waals surface area contributed by atoms with Gasteiger partial charge in [0, 0.05) is 13.2 Å². The molecule has 0 aromatic carbocycles. The van der Waals surface area contributed by atoms with Crippen LogP contribution in [-0.4, -0.2) is 38.0 Å². The van der Waals surface area contributed by atoms with Crippen molar-refractivity contribution >= 4 is 17.5 Å². The number of hydrogen-bond donors (Lipinski definition) is 2. The first-order chi connectivity index (χ1) is 7.66. The molecule has 2 heterocycles. The lowest BCUT2D eigenvalue weighted by Crippen LogP contribution is -2.26. The molecular formula is C9H10ClN5O. The average molecular weight is 240 g/mol. The summed E-state index contributed by atoms with van der Waals surface area (Å²) >= 11 is 5.72. The van der Waals surface area contributed by atoms with E-state index in [1.165, 1.54) is 11.2 Å². The van der Waals surface area contributed by atoms with Gasteiger partial charge >= 0.3 is 0 Å². The minimum atomic E-state index is -0.150. The van der Waals surface area contributed by atoms with Crippen LogP contribution in [0.3, 0.4) is 0 Å². The topological polar surface area (TPSA) is 77.7 Å². The fourth-order valence-electron chi connectivity index (χ4n) is 1.30. The zero-order valence-corrected chi connectivity index (χ0v) is 9.32. The second-order valence-corrected chi connectivity index (χ2v) is 3.76. The molecular weight excluding hydrogens is 230 g/mol. The van der Waals surface area contributed by atoms with E-state index in [4.69, 9.17) is 11.6 Å². The van der Waals surface area contributed by atoms with Crippen molar-refractivity contribution in [1.29, 1.82) is 0 Å². The van der Waals surface area contributed by atoms with E-state index in [0.29, 0.717) is 23.1 Å². The van der Waals surface area contributed by atoms with Crippen LogP contribution in [0.5, 0.6) is 0 Å². The van der Waals surface area contributed by atoms with Crippen molar-refractivity contribution < 1.29 is 4.79 Å². The van der Waals surface area contributed by atoms with Gasteiger partial charge in [0.05, 0.1) is 11.6 Å². The van der Waals surface area contributed by atoms with E-state index >= 15 is 0 Å². The number of aromatic amines is 2. The normalized spacial score (nSPS) is 10.4. The summed E-state index contributed by atoms with van der Waals surface area (Å²) in [4.78, 5) is 20.1. The molecule has 0 radical (unpaired) electrons. The Balaban J connectivity index is 2.05. The van der Waals surface area contributed by atoms with Crippen molar-refractivity contribution in [2.24, 2.45) is 0 Å². The fraction of sp³-hybridized carbons (Fsp3) is 0.222. The van der Waals surface area contributed by atoms with Crippen LogP contribution in [0.1, 0.15) is 16.3 Å². The van der Waals surface area contributed by atoms with E-state index in [1.807, 2.05) is 0 Å². The molecule has 2 aromatic rings. The highest BCUT2D eigenvalue weighted by Gasteiger charge is 2.14. The lowest BCUT2D eigenvalue weighted by atomic mass is 10.3. The Morgan fingerprint density at radius 3 is 3.00 bits per heavy atom. The number of aromatic nitrogens is 4. The van der Waals surface area contributed by atoms with E-state index in [0.717, 1.165) is 0 Å². The molecule has 0 unspecified atom stereocenters. The summed E-state index contributed by atoms with van der Waals surface area (Å²) in [5, 5.41) is 6.91. The smallest absolute Gasteiger partial charge is 0.270 e. The number of carbonyl (C=O) groups is 1. The average Bonchev–Trinajstić information content (AvgIpc) is 2.88. The van der Waals surface area contributed by atoms with E-state index < -0.39 is 0 Å². The van der Waals surface area contributed by atoms with Crippen molar-refractivity contribution in [3.8, 4) is 0 Å². The quantitative estimate of drug-likeness (QED) is 0.841. The molecule has 16 heavy (non-hydrogen) atoms. The Morgan fingerprint density at radius 2 is 2.44 bits per heavy atom. The molecule has 0 aliphatic rings. The number of carbonyl (C=O) groups excluding carboxylic acids is 1. The number of halogens is 1. The monoisotopic (exact) mass is 239 g/mol. The Labute approximate surface area is 96.6 Å². The Morgan fingerprint density at radius 1 is 1.62 bits per heavy atom. The maximum atomic E-state index is 11.9. The van der Waals surface area contributed by atoms with Crippen LogP contribution in [0.4, 0.5) is 0 Å². The molecule has 7 heteroatoms. The van der Waals surface area contributed by atoms with Gasteiger partial charge in [0.2, 0.25) is 0 Å².